The predicted octanol–water partition coefficient (Wildman–Crippen LogP) is 3.80. The first kappa shape index (κ1) is 14.6. The molecule has 0 spiro atoms. The van der Waals surface area contributed by atoms with E-state index in [1.165, 1.54) is 5.56 Å². The van der Waals surface area contributed by atoms with Crippen molar-refractivity contribution in [1.29, 1.82) is 0 Å². The van der Waals surface area contributed by atoms with Crippen LogP contribution in [0.2, 0.25) is 0 Å². The number of rotatable bonds is 4. The molecule has 0 atom stereocenters. The maximum Gasteiger partial charge on any atom is 0.138 e. The van der Waals surface area contributed by atoms with Gasteiger partial charge in [-0.05, 0) is 42.7 Å². The average Bonchev–Trinajstić information content (AvgIpc) is 2.66. The van der Waals surface area contributed by atoms with Gasteiger partial charge < -0.3 is 9.64 Å². The van der Waals surface area contributed by atoms with Crippen LogP contribution in [0.15, 0.2) is 36.0 Å². The van der Waals surface area contributed by atoms with E-state index in [0.717, 1.165) is 36.5 Å². The first-order valence-electron chi connectivity index (χ1n) is 7.38. The van der Waals surface area contributed by atoms with Crippen molar-refractivity contribution in [3.63, 3.8) is 0 Å². The van der Waals surface area contributed by atoms with E-state index < -0.39 is 0 Å². The molecule has 0 saturated heterocycles. The minimum absolute atomic E-state index is 0.602. The Labute approximate surface area is 122 Å². The number of amidine groups is 1. The van der Waals surface area contributed by atoms with Gasteiger partial charge in [0.05, 0.1) is 12.1 Å². The Morgan fingerprint density at radius 3 is 2.75 bits per heavy atom. The Morgan fingerprint density at radius 1 is 1.40 bits per heavy atom. The molecule has 0 radical (unpaired) electrons. The number of hydrogen-bond donors (Lipinski definition) is 0. The normalized spacial score (nSPS) is 16.8. The minimum atomic E-state index is 0.602. The molecule has 0 aliphatic carbocycles. The van der Waals surface area contributed by atoms with Crippen molar-refractivity contribution in [3.05, 3.63) is 42.1 Å². The highest BCUT2D eigenvalue weighted by atomic mass is 16.5. The van der Waals surface area contributed by atoms with Crippen molar-refractivity contribution in [1.82, 2.24) is 4.90 Å². The molecule has 108 valence electrons. The fraction of sp³-hybridized carbons (Fsp3) is 0.471. The van der Waals surface area contributed by atoms with E-state index in [0.29, 0.717) is 12.5 Å². The molecular weight excluding hydrogens is 248 g/mol. The van der Waals surface area contributed by atoms with Gasteiger partial charge in [0.1, 0.15) is 18.2 Å². The highest BCUT2D eigenvalue weighted by molar-refractivity contribution is 6.02. The van der Waals surface area contributed by atoms with Crippen LogP contribution in [-0.2, 0) is 0 Å². The van der Waals surface area contributed by atoms with Crippen LogP contribution < -0.4 is 4.74 Å². The van der Waals surface area contributed by atoms with Gasteiger partial charge >= 0.3 is 0 Å². The fourth-order valence-electron chi connectivity index (χ4n) is 2.80. The first-order chi connectivity index (χ1) is 9.74. The highest BCUT2D eigenvalue weighted by Gasteiger charge is 2.20. The summed E-state index contributed by atoms with van der Waals surface area (Å²) in [5, 5.41) is 0. The molecule has 0 N–H and O–H groups in total. The van der Waals surface area contributed by atoms with E-state index in [9.17, 15) is 0 Å². The third-order valence-electron chi connectivity index (χ3n) is 4.00. The Bertz CT molecular complexity index is 504. The van der Waals surface area contributed by atoms with Gasteiger partial charge in [0, 0.05) is 7.05 Å². The average molecular weight is 272 g/mol. The van der Waals surface area contributed by atoms with Crippen LogP contribution in [0.1, 0.15) is 43.7 Å². The first-order valence-corrected chi connectivity index (χ1v) is 7.38. The van der Waals surface area contributed by atoms with Gasteiger partial charge in [0.2, 0.25) is 0 Å². The summed E-state index contributed by atoms with van der Waals surface area (Å²) in [6.07, 6.45) is 4.13. The maximum absolute atomic E-state index is 5.92. The molecular formula is C17H24N2O. The second-order valence-corrected chi connectivity index (χ2v) is 5.04. The molecule has 1 aliphatic rings. The summed E-state index contributed by atoms with van der Waals surface area (Å²) in [6.45, 7) is 9.77. The number of aliphatic imine (C=N–C) groups is 1. The summed E-state index contributed by atoms with van der Waals surface area (Å²) in [5.74, 6) is 2.48. The van der Waals surface area contributed by atoms with Crippen LogP contribution in [0.25, 0.3) is 0 Å². The molecule has 3 heteroatoms. The van der Waals surface area contributed by atoms with Gasteiger partial charge in [-0.2, -0.15) is 0 Å². The Hall–Kier alpha value is -1.77. The van der Waals surface area contributed by atoms with Crippen LogP contribution in [0.5, 0.6) is 5.75 Å². The number of benzene rings is 1. The number of hydrogen-bond acceptors (Lipinski definition) is 2. The maximum atomic E-state index is 5.92. The summed E-state index contributed by atoms with van der Waals surface area (Å²) >= 11 is 0. The van der Waals surface area contributed by atoms with Crippen molar-refractivity contribution in [2.45, 2.75) is 32.6 Å². The Balaban J connectivity index is 2.44. The van der Waals surface area contributed by atoms with Crippen LogP contribution in [0.4, 0.5) is 0 Å². The van der Waals surface area contributed by atoms with Gasteiger partial charge in [0.15, 0.2) is 0 Å². The van der Waals surface area contributed by atoms with Crippen LogP contribution in [0.3, 0.4) is 0 Å². The zero-order valence-corrected chi connectivity index (χ0v) is 12.7. The molecule has 0 saturated carbocycles. The van der Waals surface area contributed by atoms with Crippen LogP contribution >= 0.6 is 0 Å². The van der Waals surface area contributed by atoms with Gasteiger partial charge in [-0.25, -0.2) is 0 Å². The molecule has 0 aromatic heterocycles. The molecule has 1 aliphatic heterocycles. The van der Waals surface area contributed by atoms with Gasteiger partial charge in [0.25, 0.3) is 0 Å². The molecule has 3 nitrogen and oxygen atoms in total. The smallest absolute Gasteiger partial charge is 0.138 e. The number of nitrogens with zero attached hydrogens (tertiary/aromatic N) is 2. The summed E-state index contributed by atoms with van der Waals surface area (Å²) < 4.78 is 5.92. The largest absolute Gasteiger partial charge is 0.491 e. The van der Waals surface area contributed by atoms with Crippen LogP contribution in [0, 0.1) is 0 Å². The lowest BCUT2D eigenvalue weighted by molar-refractivity contribution is 0.301. The van der Waals surface area contributed by atoms with Crippen molar-refractivity contribution < 1.29 is 4.74 Å². The molecule has 1 aromatic carbocycles. The zero-order valence-electron chi connectivity index (χ0n) is 12.7. The standard InChI is InChI=1S/C17H24N2O/c1-5-13(6-2)14-8-9-15-16(12-14)20-11-10-19(7-3)17(15)18-4/h7-9,12-13H,3,5-6,10-11H2,1-2,4H3. The summed E-state index contributed by atoms with van der Waals surface area (Å²) in [4.78, 5) is 6.45. The van der Waals surface area contributed by atoms with E-state index in [4.69, 9.17) is 4.74 Å². The molecule has 0 bridgehead atoms. The molecule has 20 heavy (non-hydrogen) atoms. The monoisotopic (exact) mass is 272 g/mol. The van der Waals surface area contributed by atoms with Gasteiger partial charge in [-0.15, -0.1) is 0 Å². The quantitative estimate of drug-likeness (QED) is 0.832. The minimum Gasteiger partial charge on any atom is -0.491 e. The lowest BCUT2D eigenvalue weighted by atomic mass is 9.92. The van der Waals surface area contributed by atoms with Crippen molar-refractivity contribution in [2.24, 2.45) is 4.99 Å². The van der Waals surface area contributed by atoms with Gasteiger partial charge in [-0.1, -0.05) is 26.5 Å². The summed E-state index contributed by atoms with van der Waals surface area (Å²) in [5.41, 5.74) is 2.41. The molecule has 1 heterocycles. The number of fused-ring (bicyclic) bond motifs is 1. The molecule has 2 rings (SSSR count). The van der Waals surface area contributed by atoms with Crippen LogP contribution in [-0.4, -0.2) is 30.9 Å². The van der Waals surface area contributed by atoms with E-state index in [2.05, 4.69) is 43.6 Å². The fourth-order valence-corrected chi connectivity index (χ4v) is 2.80. The number of ether oxygens (including phenoxy) is 1. The third kappa shape index (κ3) is 2.72. The molecule has 0 unspecified atom stereocenters. The van der Waals surface area contributed by atoms with Crippen molar-refractivity contribution >= 4 is 5.84 Å². The molecule has 0 fully saturated rings. The zero-order chi connectivity index (χ0) is 14.5. The second kappa shape index (κ2) is 6.60. The van der Waals surface area contributed by atoms with Crippen molar-refractivity contribution in [2.75, 3.05) is 20.2 Å². The lowest BCUT2D eigenvalue weighted by Gasteiger charge is -2.19. The Morgan fingerprint density at radius 2 is 2.15 bits per heavy atom. The molecule has 0 amide bonds. The SMILES string of the molecule is C=CN1CCOc2cc(C(CC)CC)ccc2C1=NC. The second-order valence-electron chi connectivity index (χ2n) is 5.04. The third-order valence-corrected chi connectivity index (χ3v) is 4.00. The van der Waals surface area contributed by atoms with E-state index in [1.54, 1.807) is 0 Å². The van der Waals surface area contributed by atoms with E-state index in [1.807, 2.05) is 18.1 Å². The van der Waals surface area contributed by atoms with E-state index >= 15 is 0 Å². The van der Waals surface area contributed by atoms with Crippen molar-refractivity contribution in [3.8, 4) is 5.75 Å². The molecule has 1 aromatic rings. The van der Waals surface area contributed by atoms with Gasteiger partial charge in [-0.3, -0.25) is 4.99 Å². The summed E-state index contributed by atoms with van der Waals surface area (Å²) in [7, 11) is 1.82. The topological polar surface area (TPSA) is 24.8 Å². The summed E-state index contributed by atoms with van der Waals surface area (Å²) in [6, 6.07) is 6.52. The Kier molecular flexibility index (Phi) is 4.83. The van der Waals surface area contributed by atoms with E-state index in [-0.39, 0.29) is 0 Å². The predicted molar refractivity (Wildman–Crippen MR) is 84.6 cm³/mol. The highest BCUT2D eigenvalue weighted by Crippen LogP contribution is 2.31. The lowest BCUT2D eigenvalue weighted by Crippen LogP contribution is -2.27.